The van der Waals surface area contributed by atoms with Crippen LogP contribution in [0.15, 0.2) is 57.5 Å². The highest BCUT2D eigenvalue weighted by atomic mass is 79.9. The van der Waals surface area contributed by atoms with Crippen LogP contribution >= 0.6 is 15.9 Å². The zero-order valence-corrected chi connectivity index (χ0v) is 12.9. The maximum absolute atomic E-state index is 5.97. The first-order chi connectivity index (χ1) is 10.2. The molecule has 0 aliphatic heterocycles. The Morgan fingerprint density at radius 2 is 1.95 bits per heavy atom. The molecule has 0 atom stereocenters. The van der Waals surface area contributed by atoms with Crippen LogP contribution in [0.1, 0.15) is 0 Å². The molecule has 1 heterocycles. The second-order valence-corrected chi connectivity index (χ2v) is 5.40. The summed E-state index contributed by atoms with van der Waals surface area (Å²) < 4.78 is 11.6. The van der Waals surface area contributed by atoms with Crippen molar-refractivity contribution < 1.29 is 9.26 Å². The van der Waals surface area contributed by atoms with Gasteiger partial charge in [-0.25, -0.2) is 0 Å². The molecule has 0 amide bonds. The summed E-state index contributed by atoms with van der Waals surface area (Å²) in [5.41, 5.74) is 9.18. The van der Waals surface area contributed by atoms with Gasteiger partial charge in [0, 0.05) is 10.0 Å². The lowest BCUT2D eigenvalue weighted by Crippen LogP contribution is -1.91. The summed E-state index contributed by atoms with van der Waals surface area (Å²) in [6.07, 6.45) is 0. The minimum absolute atomic E-state index is 0.286. The van der Waals surface area contributed by atoms with Crippen LogP contribution in [-0.4, -0.2) is 12.3 Å². The lowest BCUT2D eigenvalue weighted by atomic mass is 10.0. The monoisotopic (exact) mass is 344 g/mol. The number of rotatable bonds is 3. The highest BCUT2D eigenvalue weighted by Gasteiger charge is 2.20. The summed E-state index contributed by atoms with van der Waals surface area (Å²) in [6.45, 7) is 0. The maximum atomic E-state index is 5.97. The van der Waals surface area contributed by atoms with Gasteiger partial charge in [0.1, 0.15) is 11.4 Å². The Bertz CT molecular complexity index is 783. The Morgan fingerprint density at radius 1 is 1.14 bits per heavy atom. The number of hydrogen-bond donors (Lipinski definition) is 1. The number of benzene rings is 2. The van der Waals surface area contributed by atoms with Crippen molar-refractivity contribution in [3.05, 3.63) is 53.0 Å². The zero-order valence-electron chi connectivity index (χ0n) is 11.3. The molecule has 0 radical (unpaired) electrons. The molecule has 21 heavy (non-hydrogen) atoms. The standard InChI is InChI=1S/C16H13BrN2O2/c1-20-13-8-3-2-7-12(13)15-14(16(18)21-19-15)10-5-4-6-11(17)9-10/h2-9H,18H2,1H3. The molecule has 0 aliphatic carbocycles. The Kier molecular flexibility index (Phi) is 3.66. The van der Waals surface area contributed by atoms with Crippen LogP contribution in [0.25, 0.3) is 22.4 Å². The predicted molar refractivity (Wildman–Crippen MR) is 86.0 cm³/mol. The van der Waals surface area contributed by atoms with Gasteiger partial charge in [0.05, 0.1) is 12.7 Å². The summed E-state index contributed by atoms with van der Waals surface area (Å²) in [5.74, 6) is 1.01. The first-order valence-corrected chi connectivity index (χ1v) is 7.14. The highest BCUT2D eigenvalue weighted by molar-refractivity contribution is 9.10. The van der Waals surface area contributed by atoms with E-state index in [0.717, 1.165) is 26.9 Å². The first kappa shape index (κ1) is 13.7. The molecule has 0 unspecified atom stereocenters. The van der Waals surface area contributed by atoms with Crippen molar-refractivity contribution in [3.63, 3.8) is 0 Å². The van der Waals surface area contributed by atoms with Gasteiger partial charge < -0.3 is 15.0 Å². The van der Waals surface area contributed by atoms with E-state index in [9.17, 15) is 0 Å². The topological polar surface area (TPSA) is 61.3 Å². The van der Waals surface area contributed by atoms with Gasteiger partial charge in [-0.3, -0.25) is 0 Å². The number of hydrogen-bond acceptors (Lipinski definition) is 4. The number of methoxy groups -OCH3 is 1. The average Bonchev–Trinajstić information content (AvgIpc) is 2.88. The van der Waals surface area contributed by atoms with Gasteiger partial charge >= 0.3 is 0 Å². The van der Waals surface area contributed by atoms with Crippen LogP contribution in [0.3, 0.4) is 0 Å². The van der Waals surface area contributed by atoms with E-state index in [1.54, 1.807) is 7.11 Å². The molecular formula is C16H13BrN2O2. The van der Waals surface area contributed by atoms with Crippen molar-refractivity contribution in [3.8, 4) is 28.1 Å². The van der Waals surface area contributed by atoms with Crippen LogP contribution in [0.4, 0.5) is 5.88 Å². The molecule has 0 saturated carbocycles. The van der Waals surface area contributed by atoms with Gasteiger partial charge in [-0.1, -0.05) is 45.4 Å². The third-order valence-electron chi connectivity index (χ3n) is 3.19. The lowest BCUT2D eigenvalue weighted by molar-refractivity contribution is 0.414. The van der Waals surface area contributed by atoms with Crippen LogP contribution in [-0.2, 0) is 0 Å². The van der Waals surface area contributed by atoms with Gasteiger partial charge in [0.2, 0.25) is 5.88 Å². The Morgan fingerprint density at radius 3 is 2.71 bits per heavy atom. The molecule has 0 aliphatic rings. The van der Waals surface area contributed by atoms with E-state index in [1.807, 2.05) is 48.5 Å². The number of aromatic nitrogens is 1. The van der Waals surface area contributed by atoms with Crippen molar-refractivity contribution in [2.24, 2.45) is 0 Å². The molecule has 3 rings (SSSR count). The smallest absolute Gasteiger partial charge is 0.230 e. The van der Waals surface area contributed by atoms with Crippen LogP contribution in [0.2, 0.25) is 0 Å². The Balaban J connectivity index is 2.22. The summed E-state index contributed by atoms with van der Waals surface area (Å²) in [4.78, 5) is 0. The molecule has 106 valence electrons. The lowest BCUT2D eigenvalue weighted by Gasteiger charge is -2.07. The molecule has 0 fully saturated rings. The Labute approximate surface area is 130 Å². The number of para-hydroxylation sites is 1. The van der Waals surface area contributed by atoms with Gasteiger partial charge in [0.25, 0.3) is 0 Å². The summed E-state index contributed by atoms with van der Waals surface area (Å²) in [6, 6.07) is 15.5. The van der Waals surface area contributed by atoms with E-state index in [-0.39, 0.29) is 5.88 Å². The van der Waals surface area contributed by atoms with E-state index in [0.29, 0.717) is 5.69 Å². The average molecular weight is 345 g/mol. The van der Waals surface area contributed by atoms with Crippen LogP contribution in [0.5, 0.6) is 5.75 Å². The fourth-order valence-electron chi connectivity index (χ4n) is 2.25. The van der Waals surface area contributed by atoms with Crippen molar-refractivity contribution in [2.45, 2.75) is 0 Å². The summed E-state index contributed by atoms with van der Waals surface area (Å²) in [5, 5.41) is 4.11. The number of nitrogen functional groups attached to an aromatic ring is 1. The number of nitrogens with two attached hydrogens (primary N) is 1. The Hall–Kier alpha value is -2.27. The van der Waals surface area contributed by atoms with E-state index in [2.05, 4.69) is 21.1 Å². The minimum atomic E-state index is 0.286. The molecular weight excluding hydrogens is 332 g/mol. The maximum Gasteiger partial charge on any atom is 0.230 e. The fraction of sp³-hybridized carbons (Fsp3) is 0.0625. The largest absolute Gasteiger partial charge is 0.496 e. The van der Waals surface area contributed by atoms with E-state index < -0.39 is 0 Å². The van der Waals surface area contributed by atoms with Crippen molar-refractivity contribution in [1.29, 1.82) is 0 Å². The normalized spacial score (nSPS) is 10.6. The van der Waals surface area contributed by atoms with Crippen molar-refractivity contribution in [2.75, 3.05) is 12.8 Å². The van der Waals surface area contributed by atoms with Gasteiger partial charge in [-0.05, 0) is 29.8 Å². The molecule has 3 aromatic rings. The SMILES string of the molecule is COc1ccccc1-c1noc(N)c1-c1cccc(Br)c1. The molecule has 0 saturated heterocycles. The van der Waals surface area contributed by atoms with E-state index in [1.165, 1.54) is 0 Å². The summed E-state index contributed by atoms with van der Waals surface area (Å²) >= 11 is 3.46. The fourth-order valence-corrected chi connectivity index (χ4v) is 2.65. The van der Waals surface area contributed by atoms with Gasteiger partial charge in [-0.15, -0.1) is 0 Å². The summed E-state index contributed by atoms with van der Waals surface area (Å²) in [7, 11) is 1.63. The number of ether oxygens (including phenoxy) is 1. The van der Waals surface area contributed by atoms with Crippen molar-refractivity contribution in [1.82, 2.24) is 5.16 Å². The molecule has 5 heteroatoms. The number of nitrogens with zero attached hydrogens (tertiary/aromatic N) is 1. The minimum Gasteiger partial charge on any atom is -0.496 e. The molecule has 0 spiro atoms. The third-order valence-corrected chi connectivity index (χ3v) is 3.69. The van der Waals surface area contributed by atoms with Crippen LogP contribution in [0, 0.1) is 0 Å². The van der Waals surface area contributed by atoms with E-state index in [4.69, 9.17) is 15.0 Å². The highest BCUT2D eigenvalue weighted by Crippen LogP contribution is 2.40. The van der Waals surface area contributed by atoms with Gasteiger partial charge in [-0.2, -0.15) is 0 Å². The van der Waals surface area contributed by atoms with Crippen LogP contribution < -0.4 is 10.5 Å². The molecule has 2 aromatic carbocycles. The molecule has 2 N–H and O–H groups in total. The zero-order chi connectivity index (χ0) is 14.8. The third kappa shape index (κ3) is 2.52. The second-order valence-electron chi connectivity index (χ2n) is 4.48. The molecule has 1 aromatic heterocycles. The quantitative estimate of drug-likeness (QED) is 0.766. The number of halogens is 1. The predicted octanol–water partition coefficient (Wildman–Crippen LogP) is 4.36. The van der Waals surface area contributed by atoms with Crippen molar-refractivity contribution >= 4 is 21.8 Å². The second kappa shape index (κ2) is 5.61. The first-order valence-electron chi connectivity index (χ1n) is 6.35. The number of anilines is 1. The molecule has 4 nitrogen and oxygen atoms in total. The van der Waals surface area contributed by atoms with E-state index >= 15 is 0 Å². The van der Waals surface area contributed by atoms with Gasteiger partial charge in [0.15, 0.2) is 0 Å². The molecule has 0 bridgehead atoms.